The molecule has 2 heterocycles. The number of carbonyl (C=O) groups is 1. The fourth-order valence-electron chi connectivity index (χ4n) is 3.21. The minimum absolute atomic E-state index is 0.0911. The van der Waals surface area contributed by atoms with Crippen molar-refractivity contribution in [1.82, 2.24) is 9.88 Å². The van der Waals surface area contributed by atoms with Gasteiger partial charge in [-0.25, -0.2) is 4.98 Å². The molecule has 0 aliphatic carbocycles. The van der Waals surface area contributed by atoms with Crippen molar-refractivity contribution >= 4 is 11.6 Å². The number of hydrogen-bond donors (Lipinski definition) is 0. The zero-order chi connectivity index (χ0) is 17.1. The Morgan fingerprint density at radius 2 is 2.04 bits per heavy atom. The summed E-state index contributed by atoms with van der Waals surface area (Å²) in [6.07, 6.45) is 0.285. The van der Waals surface area contributed by atoms with E-state index in [-0.39, 0.29) is 18.4 Å². The van der Waals surface area contributed by atoms with E-state index in [1.54, 1.807) is 13.2 Å². The summed E-state index contributed by atoms with van der Waals surface area (Å²) in [6.45, 7) is 3.54. The number of likely N-dealkylation sites (N-methyl/N-ethyl adjacent to an activating group) is 1. The third kappa shape index (κ3) is 3.35. The van der Waals surface area contributed by atoms with Crippen LogP contribution in [0.4, 0.5) is 5.69 Å². The number of hydrogen-bond acceptors (Lipinski definition) is 4. The van der Waals surface area contributed by atoms with Gasteiger partial charge in [0.25, 0.3) is 0 Å². The molecule has 0 bridgehead atoms. The molecule has 2 aromatic rings. The lowest BCUT2D eigenvalue weighted by molar-refractivity contribution is -0.132. The molecule has 24 heavy (non-hydrogen) atoms. The number of fused-ring (bicyclic) bond motifs is 1. The lowest BCUT2D eigenvalue weighted by Gasteiger charge is -2.28. The van der Waals surface area contributed by atoms with Crippen molar-refractivity contribution in [2.24, 2.45) is 0 Å². The second kappa shape index (κ2) is 6.91. The predicted molar refractivity (Wildman–Crippen MR) is 94.2 cm³/mol. The Hall–Kier alpha value is -2.56. The first-order valence-corrected chi connectivity index (χ1v) is 8.17. The number of ether oxygens (including phenoxy) is 1. The number of anilines is 1. The van der Waals surface area contributed by atoms with Crippen LogP contribution in [-0.2, 0) is 17.8 Å². The van der Waals surface area contributed by atoms with E-state index in [4.69, 9.17) is 4.74 Å². The van der Waals surface area contributed by atoms with E-state index < -0.39 is 0 Å². The van der Waals surface area contributed by atoms with Crippen LogP contribution in [0.15, 0.2) is 42.5 Å². The molecule has 5 nitrogen and oxygen atoms in total. The molecule has 0 fully saturated rings. The molecule has 0 spiro atoms. The molecule has 1 aromatic heterocycles. The van der Waals surface area contributed by atoms with E-state index in [1.807, 2.05) is 29.2 Å². The average molecular weight is 325 g/mol. The van der Waals surface area contributed by atoms with Gasteiger partial charge in [0.05, 0.1) is 19.2 Å². The molecule has 0 saturated heterocycles. The second-order valence-electron chi connectivity index (χ2n) is 6.23. The standard InChI is InChI=1S/C19H23N3O2/c1-14-12-21(2)17-9-5-4-7-15(17)13-22(14)19(23)11-16-8-6-10-18(20-16)24-3/h4-10,14H,11-13H2,1-3H3/t14-/m0/s1. The molecule has 0 N–H and O–H groups in total. The summed E-state index contributed by atoms with van der Waals surface area (Å²) in [5.41, 5.74) is 3.10. The van der Waals surface area contributed by atoms with E-state index >= 15 is 0 Å². The van der Waals surface area contributed by atoms with Crippen molar-refractivity contribution in [2.45, 2.75) is 25.9 Å². The van der Waals surface area contributed by atoms with Crippen molar-refractivity contribution in [3.63, 3.8) is 0 Å². The monoisotopic (exact) mass is 325 g/mol. The summed E-state index contributed by atoms with van der Waals surface area (Å²) in [7, 11) is 3.66. The fraction of sp³-hybridized carbons (Fsp3) is 0.368. The number of benzene rings is 1. The maximum atomic E-state index is 12.9. The number of rotatable bonds is 3. The molecule has 3 rings (SSSR count). The molecule has 1 aromatic carbocycles. The van der Waals surface area contributed by atoms with E-state index in [9.17, 15) is 4.79 Å². The van der Waals surface area contributed by atoms with Crippen LogP contribution in [0.1, 0.15) is 18.2 Å². The van der Waals surface area contributed by atoms with Gasteiger partial charge in [0.15, 0.2) is 0 Å². The first kappa shape index (κ1) is 16.3. The minimum Gasteiger partial charge on any atom is -0.481 e. The van der Waals surface area contributed by atoms with Crippen LogP contribution in [-0.4, -0.2) is 42.5 Å². The number of para-hydroxylation sites is 1. The van der Waals surface area contributed by atoms with Crippen molar-refractivity contribution in [2.75, 3.05) is 25.6 Å². The average Bonchev–Trinajstić information content (AvgIpc) is 2.71. The lowest BCUT2D eigenvalue weighted by atomic mass is 10.1. The molecule has 5 heteroatoms. The molecule has 1 amide bonds. The highest BCUT2D eigenvalue weighted by molar-refractivity contribution is 5.79. The molecule has 1 aliphatic rings. The van der Waals surface area contributed by atoms with E-state index in [2.05, 4.69) is 36.0 Å². The highest BCUT2D eigenvalue weighted by Crippen LogP contribution is 2.26. The quantitative estimate of drug-likeness (QED) is 0.870. The zero-order valence-corrected chi connectivity index (χ0v) is 14.4. The number of pyridine rings is 1. The number of aromatic nitrogens is 1. The molecule has 0 unspecified atom stereocenters. The number of methoxy groups -OCH3 is 1. The highest BCUT2D eigenvalue weighted by atomic mass is 16.5. The summed E-state index contributed by atoms with van der Waals surface area (Å²) in [4.78, 5) is 21.4. The Bertz CT molecular complexity index is 732. The summed E-state index contributed by atoms with van der Waals surface area (Å²) >= 11 is 0. The molecular weight excluding hydrogens is 302 g/mol. The Labute approximate surface area is 142 Å². The molecule has 0 saturated carbocycles. The van der Waals surface area contributed by atoms with Crippen LogP contribution in [0.25, 0.3) is 0 Å². The maximum absolute atomic E-state index is 12.9. The van der Waals surface area contributed by atoms with Gasteiger partial charge in [-0.2, -0.15) is 0 Å². The van der Waals surface area contributed by atoms with Gasteiger partial charge < -0.3 is 14.5 Å². The van der Waals surface area contributed by atoms with Crippen LogP contribution in [0.5, 0.6) is 5.88 Å². The van der Waals surface area contributed by atoms with Crippen LogP contribution in [0.2, 0.25) is 0 Å². The van der Waals surface area contributed by atoms with Gasteiger partial charge in [-0.3, -0.25) is 4.79 Å². The first-order chi connectivity index (χ1) is 11.6. The van der Waals surface area contributed by atoms with Crippen LogP contribution in [0.3, 0.4) is 0 Å². The number of carbonyl (C=O) groups excluding carboxylic acids is 1. The lowest BCUT2D eigenvalue weighted by Crippen LogP contribution is -2.42. The molecule has 126 valence electrons. The number of nitrogens with zero attached hydrogens (tertiary/aromatic N) is 3. The smallest absolute Gasteiger partial charge is 0.229 e. The topological polar surface area (TPSA) is 45.7 Å². The van der Waals surface area contributed by atoms with Crippen molar-refractivity contribution in [1.29, 1.82) is 0 Å². The molecular formula is C19H23N3O2. The van der Waals surface area contributed by atoms with Crippen molar-refractivity contribution in [3.8, 4) is 5.88 Å². The third-order valence-electron chi connectivity index (χ3n) is 4.46. The van der Waals surface area contributed by atoms with Crippen LogP contribution >= 0.6 is 0 Å². The van der Waals surface area contributed by atoms with Gasteiger partial charge in [0.2, 0.25) is 11.8 Å². The largest absolute Gasteiger partial charge is 0.481 e. The summed E-state index contributed by atoms with van der Waals surface area (Å²) < 4.78 is 5.14. The Morgan fingerprint density at radius 1 is 1.25 bits per heavy atom. The Balaban J connectivity index is 1.81. The van der Waals surface area contributed by atoms with Crippen LogP contribution < -0.4 is 9.64 Å². The summed E-state index contributed by atoms with van der Waals surface area (Å²) in [5, 5.41) is 0. The SMILES string of the molecule is COc1cccc(CC(=O)N2Cc3ccccc3N(C)C[C@@H]2C)n1. The van der Waals surface area contributed by atoms with Gasteiger partial charge in [-0.15, -0.1) is 0 Å². The Kier molecular flexibility index (Phi) is 4.69. The summed E-state index contributed by atoms with van der Waals surface area (Å²) in [6, 6.07) is 13.9. The van der Waals surface area contributed by atoms with E-state index in [0.29, 0.717) is 12.4 Å². The van der Waals surface area contributed by atoms with E-state index in [0.717, 1.165) is 12.2 Å². The van der Waals surface area contributed by atoms with Crippen LogP contribution in [0, 0.1) is 0 Å². The number of amides is 1. The molecule has 0 radical (unpaired) electrons. The first-order valence-electron chi connectivity index (χ1n) is 8.17. The predicted octanol–water partition coefficient (Wildman–Crippen LogP) is 2.50. The molecule has 1 atom stereocenters. The zero-order valence-electron chi connectivity index (χ0n) is 14.4. The van der Waals surface area contributed by atoms with E-state index in [1.165, 1.54) is 11.3 Å². The highest BCUT2D eigenvalue weighted by Gasteiger charge is 2.26. The van der Waals surface area contributed by atoms with Gasteiger partial charge in [-0.1, -0.05) is 24.3 Å². The van der Waals surface area contributed by atoms with Gasteiger partial charge >= 0.3 is 0 Å². The van der Waals surface area contributed by atoms with Gasteiger partial charge in [-0.05, 0) is 24.6 Å². The second-order valence-corrected chi connectivity index (χ2v) is 6.23. The molecule has 1 aliphatic heterocycles. The van der Waals surface area contributed by atoms with Gasteiger partial charge in [0, 0.05) is 37.9 Å². The van der Waals surface area contributed by atoms with Crippen molar-refractivity contribution < 1.29 is 9.53 Å². The third-order valence-corrected chi connectivity index (χ3v) is 4.46. The maximum Gasteiger partial charge on any atom is 0.229 e. The Morgan fingerprint density at radius 3 is 2.83 bits per heavy atom. The van der Waals surface area contributed by atoms with Crippen molar-refractivity contribution in [3.05, 3.63) is 53.7 Å². The fourth-order valence-corrected chi connectivity index (χ4v) is 3.21. The normalized spacial score (nSPS) is 17.2. The van der Waals surface area contributed by atoms with Gasteiger partial charge in [0.1, 0.15) is 0 Å². The minimum atomic E-state index is 0.0911. The summed E-state index contributed by atoms with van der Waals surface area (Å²) in [5.74, 6) is 0.627.